The Bertz CT molecular complexity index is 658. The maximum atomic E-state index is 13.3. The second-order valence-electron chi connectivity index (χ2n) is 4.29. The van der Waals surface area contributed by atoms with Crippen molar-refractivity contribution < 1.29 is 18.3 Å². The van der Waals surface area contributed by atoms with Gasteiger partial charge in [-0.1, -0.05) is 6.92 Å². The summed E-state index contributed by atoms with van der Waals surface area (Å²) in [6.45, 7) is 3.53. The molecule has 0 radical (unpaired) electrons. The van der Waals surface area contributed by atoms with Gasteiger partial charge < -0.3 is 4.74 Å². The van der Waals surface area contributed by atoms with Crippen LogP contribution < -0.4 is 10.1 Å². The molecule has 0 unspecified atom stereocenters. The van der Waals surface area contributed by atoms with E-state index in [-0.39, 0.29) is 12.4 Å². The highest BCUT2D eigenvalue weighted by atomic mass is 32.1. The predicted molar refractivity (Wildman–Crippen MR) is 76.7 cm³/mol. The van der Waals surface area contributed by atoms with Gasteiger partial charge in [-0.2, -0.15) is 0 Å². The summed E-state index contributed by atoms with van der Waals surface area (Å²) in [4.78, 5) is 17.0. The van der Waals surface area contributed by atoms with Gasteiger partial charge in [0.15, 0.2) is 23.3 Å². The standard InChI is InChI=1S/C14H14F2N2O2S/c1-3-11-8(2)21-14(17-11)18-13(19)7-20-12-5-4-9(15)6-10(12)16/h4-6H,3,7H2,1-2H3,(H,17,18,19). The maximum Gasteiger partial charge on any atom is 0.264 e. The number of aromatic nitrogens is 1. The third-order valence-electron chi connectivity index (χ3n) is 2.73. The average molecular weight is 312 g/mol. The van der Waals surface area contributed by atoms with Gasteiger partial charge in [0.25, 0.3) is 5.91 Å². The Morgan fingerprint density at radius 2 is 2.19 bits per heavy atom. The number of nitrogens with zero attached hydrogens (tertiary/aromatic N) is 1. The van der Waals surface area contributed by atoms with E-state index in [4.69, 9.17) is 4.74 Å². The lowest BCUT2D eigenvalue weighted by Crippen LogP contribution is -2.20. The summed E-state index contributed by atoms with van der Waals surface area (Å²) in [5.41, 5.74) is 0.931. The molecule has 0 fully saturated rings. The number of aryl methyl sites for hydroxylation is 2. The Labute approximate surface area is 124 Å². The minimum Gasteiger partial charge on any atom is -0.481 e. The number of carbonyl (C=O) groups excluding carboxylic acids is 1. The van der Waals surface area contributed by atoms with Gasteiger partial charge in [0.2, 0.25) is 0 Å². The van der Waals surface area contributed by atoms with Crippen LogP contribution in [0.4, 0.5) is 13.9 Å². The van der Waals surface area contributed by atoms with Crippen molar-refractivity contribution in [2.45, 2.75) is 20.3 Å². The zero-order valence-corrected chi connectivity index (χ0v) is 12.4. The lowest BCUT2D eigenvalue weighted by Gasteiger charge is -2.06. The highest BCUT2D eigenvalue weighted by molar-refractivity contribution is 7.15. The van der Waals surface area contributed by atoms with E-state index in [0.29, 0.717) is 11.2 Å². The van der Waals surface area contributed by atoms with Crippen LogP contribution in [0.5, 0.6) is 5.75 Å². The lowest BCUT2D eigenvalue weighted by atomic mass is 10.3. The Hall–Kier alpha value is -2.02. The van der Waals surface area contributed by atoms with Gasteiger partial charge in [0.1, 0.15) is 5.82 Å². The molecule has 2 aromatic rings. The number of hydrogen-bond donors (Lipinski definition) is 1. The number of nitrogens with one attached hydrogen (secondary N) is 1. The van der Waals surface area contributed by atoms with Crippen LogP contribution in [0.3, 0.4) is 0 Å². The lowest BCUT2D eigenvalue weighted by molar-refractivity contribution is -0.118. The third-order valence-corrected chi connectivity index (χ3v) is 3.66. The van der Waals surface area contributed by atoms with Crippen molar-refractivity contribution in [2.75, 3.05) is 11.9 Å². The number of amides is 1. The summed E-state index contributed by atoms with van der Waals surface area (Å²) in [5, 5.41) is 3.07. The molecule has 0 atom stereocenters. The summed E-state index contributed by atoms with van der Waals surface area (Å²) < 4.78 is 31.1. The summed E-state index contributed by atoms with van der Waals surface area (Å²) in [6.07, 6.45) is 0.787. The zero-order chi connectivity index (χ0) is 15.4. The normalized spacial score (nSPS) is 10.5. The minimum atomic E-state index is -0.846. The highest BCUT2D eigenvalue weighted by Gasteiger charge is 2.11. The van der Waals surface area contributed by atoms with E-state index in [1.807, 2.05) is 13.8 Å². The summed E-state index contributed by atoms with van der Waals surface area (Å²) in [7, 11) is 0. The van der Waals surface area contributed by atoms with Gasteiger partial charge in [-0.15, -0.1) is 11.3 Å². The molecule has 7 heteroatoms. The Balaban J connectivity index is 1.92. The van der Waals surface area contributed by atoms with Crippen LogP contribution in [0, 0.1) is 18.6 Å². The van der Waals surface area contributed by atoms with Crippen molar-refractivity contribution in [1.29, 1.82) is 0 Å². The second kappa shape index (κ2) is 6.62. The van der Waals surface area contributed by atoms with Gasteiger partial charge in [0, 0.05) is 10.9 Å². The monoisotopic (exact) mass is 312 g/mol. The number of anilines is 1. The summed E-state index contributed by atoms with van der Waals surface area (Å²) in [6, 6.07) is 2.90. The van der Waals surface area contributed by atoms with Crippen LogP contribution in [0.15, 0.2) is 18.2 Å². The van der Waals surface area contributed by atoms with E-state index < -0.39 is 17.5 Å². The average Bonchev–Trinajstić information content (AvgIpc) is 2.77. The number of ether oxygens (including phenoxy) is 1. The molecule has 1 aromatic heterocycles. The molecule has 0 saturated heterocycles. The zero-order valence-electron chi connectivity index (χ0n) is 11.6. The fourth-order valence-corrected chi connectivity index (χ4v) is 2.62. The number of carbonyl (C=O) groups is 1. The molecule has 1 heterocycles. The van der Waals surface area contributed by atoms with E-state index in [2.05, 4.69) is 10.3 Å². The molecular weight excluding hydrogens is 298 g/mol. The maximum absolute atomic E-state index is 13.3. The molecular formula is C14H14F2N2O2S. The third kappa shape index (κ3) is 3.98. The van der Waals surface area contributed by atoms with Crippen molar-refractivity contribution in [3.05, 3.63) is 40.4 Å². The molecule has 0 aliphatic carbocycles. The molecule has 1 N–H and O–H groups in total. The quantitative estimate of drug-likeness (QED) is 0.921. The SMILES string of the molecule is CCc1nc(NC(=O)COc2ccc(F)cc2F)sc1C. The Morgan fingerprint density at radius 3 is 2.81 bits per heavy atom. The largest absolute Gasteiger partial charge is 0.481 e. The number of benzene rings is 1. The minimum absolute atomic E-state index is 0.170. The van der Waals surface area contributed by atoms with Crippen LogP contribution >= 0.6 is 11.3 Å². The van der Waals surface area contributed by atoms with Crippen LogP contribution in [0.2, 0.25) is 0 Å². The molecule has 1 amide bonds. The first kappa shape index (κ1) is 15.4. The Kier molecular flexibility index (Phi) is 4.85. The number of thiazole rings is 1. The first-order chi connectivity index (χ1) is 9.99. The van der Waals surface area contributed by atoms with Crippen molar-refractivity contribution in [3.8, 4) is 5.75 Å². The smallest absolute Gasteiger partial charge is 0.264 e. The van der Waals surface area contributed by atoms with E-state index >= 15 is 0 Å². The van der Waals surface area contributed by atoms with Crippen molar-refractivity contribution in [2.24, 2.45) is 0 Å². The molecule has 0 saturated carbocycles. The van der Waals surface area contributed by atoms with E-state index in [9.17, 15) is 13.6 Å². The molecule has 2 rings (SSSR count). The number of halogens is 2. The number of hydrogen-bond acceptors (Lipinski definition) is 4. The van der Waals surface area contributed by atoms with Gasteiger partial charge in [0.05, 0.1) is 5.69 Å². The summed E-state index contributed by atoms with van der Waals surface area (Å²) >= 11 is 1.37. The number of rotatable bonds is 5. The second-order valence-corrected chi connectivity index (χ2v) is 5.49. The van der Waals surface area contributed by atoms with Crippen molar-refractivity contribution >= 4 is 22.4 Å². The molecule has 4 nitrogen and oxygen atoms in total. The van der Waals surface area contributed by atoms with E-state index in [0.717, 1.165) is 29.1 Å². The first-order valence-corrected chi connectivity index (χ1v) is 7.15. The molecule has 112 valence electrons. The van der Waals surface area contributed by atoms with Crippen LogP contribution in [0.25, 0.3) is 0 Å². The van der Waals surface area contributed by atoms with E-state index in [1.54, 1.807) is 0 Å². The predicted octanol–water partition coefficient (Wildman–Crippen LogP) is 3.31. The van der Waals surface area contributed by atoms with E-state index in [1.165, 1.54) is 11.3 Å². The topological polar surface area (TPSA) is 51.2 Å². The van der Waals surface area contributed by atoms with Crippen LogP contribution in [-0.2, 0) is 11.2 Å². The van der Waals surface area contributed by atoms with Gasteiger partial charge >= 0.3 is 0 Å². The fraction of sp³-hybridized carbons (Fsp3) is 0.286. The fourth-order valence-electron chi connectivity index (χ4n) is 1.70. The molecule has 1 aromatic carbocycles. The van der Waals surface area contributed by atoms with Crippen LogP contribution in [-0.4, -0.2) is 17.5 Å². The van der Waals surface area contributed by atoms with Gasteiger partial charge in [-0.05, 0) is 25.5 Å². The molecule has 0 spiro atoms. The Morgan fingerprint density at radius 1 is 1.43 bits per heavy atom. The molecule has 0 aliphatic rings. The first-order valence-electron chi connectivity index (χ1n) is 6.33. The van der Waals surface area contributed by atoms with Gasteiger partial charge in [-0.25, -0.2) is 13.8 Å². The van der Waals surface area contributed by atoms with Crippen LogP contribution in [0.1, 0.15) is 17.5 Å². The van der Waals surface area contributed by atoms with Crippen molar-refractivity contribution in [3.63, 3.8) is 0 Å². The molecule has 21 heavy (non-hydrogen) atoms. The van der Waals surface area contributed by atoms with Crippen molar-refractivity contribution in [1.82, 2.24) is 4.98 Å². The highest BCUT2D eigenvalue weighted by Crippen LogP contribution is 2.22. The molecule has 0 aliphatic heterocycles. The van der Waals surface area contributed by atoms with Gasteiger partial charge in [-0.3, -0.25) is 10.1 Å². The summed E-state index contributed by atoms with van der Waals surface area (Å²) in [5.74, 6) is -2.16. The molecule has 0 bridgehead atoms.